The molecular formula is C4H5F2NO. The third-order valence-corrected chi connectivity index (χ3v) is 0.519. The number of amides is 1. The Kier molecular flexibility index (Phi) is 1.78. The highest BCUT2D eigenvalue weighted by molar-refractivity contribution is 5.86. The van der Waals surface area contributed by atoms with Crippen LogP contribution in [0.1, 0.15) is 6.92 Å². The summed E-state index contributed by atoms with van der Waals surface area (Å²) in [6.45, 7) is 3.12. The lowest BCUT2D eigenvalue weighted by molar-refractivity contribution is -0.138. The van der Waals surface area contributed by atoms with Crippen LogP contribution in [-0.4, -0.2) is 18.5 Å². The fraction of sp³-hybridized carbons (Fsp3) is 0.500. The fourth-order valence-corrected chi connectivity index (χ4v) is 0.139. The van der Waals surface area contributed by atoms with E-state index in [9.17, 15) is 13.6 Å². The first kappa shape index (κ1) is 7.20. The number of alkyl halides is 2. The highest BCUT2D eigenvalue weighted by atomic mass is 19.3. The molecule has 0 aliphatic rings. The minimum absolute atomic E-state index is 0.476. The molecule has 0 saturated heterocycles. The van der Waals surface area contributed by atoms with Crippen molar-refractivity contribution in [3.05, 3.63) is 0 Å². The number of carbonyl (C=O) groups is 1. The van der Waals surface area contributed by atoms with Gasteiger partial charge in [-0.05, 0) is 6.72 Å². The van der Waals surface area contributed by atoms with Crippen LogP contribution >= 0.6 is 0 Å². The van der Waals surface area contributed by atoms with Crippen molar-refractivity contribution in [2.24, 2.45) is 4.99 Å². The molecule has 0 aromatic heterocycles. The van der Waals surface area contributed by atoms with E-state index in [-0.39, 0.29) is 0 Å². The molecule has 8 heavy (non-hydrogen) atoms. The van der Waals surface area contributed by atoms with Crippen molar-refractivity contribution in [3.8, 4) is 0 Å². The molecule has 0 fully saturated rings. The Bertz CT molecular complexity index is 116. The van der Waals surface area contributed by atoms with Crippen LogP contribution < -0.4 is 0 Å². The maximum atomic E-state index is 11.6. The zero-order valence-electron chi connectivity index (χ0n) is 4.32. The van der Waals surface area contributed by atoms with Gasteiger partial charge < -0.3 is 0 Å². The zero-order chi connectivity index (χ0) is 6.78. The Labute approximate surface area is 45.2 Å². The van der Waals surface area contributed by atoms with Gasteiger partial charge in [-0.1, -0.05) is 0 Å². The molecule has 0 bridgehead atoms. The van der Waals surface area contributed by atoms with E-state index in [4.69, 9.17) is 0 Å². The smallest absolute Gasteiger partial charge is 0.266 e. The van der Waals surface area contributed by atoms with E-state index in [1.807, 2.05) is 0 Å². The fourth-order valence-electron chi connectivity index (χ4n) is 0.139. The van der Waals surface area contributed by atoms with Gasteiger partial charge in [0.1, 0.15) is 0 Å². The maximum Gasteiger partial charge on any atom is 0.324 e. The minimum atomic E-state index is -3.36. The Morgan fingerprint density at radius 2 is 2.12 bits per heavy atom. The molecule has 0 aromatic rings. The Balaban J connectivity index is 4.02. The predicted octanol–water partition coefficient (Wildman–Crippen LogP) is 0.869. The summed E-state index contributed by atoms with van der Waals surface area (Å²) >= 11 is 0. The molecule has 1 amide bonds. The van der Waals surface area contributed by atoms with Gasteiger partial charge in [0.05, 0.1) is 0 Å². The first-order chi connectivity index (χ1) is 3.48. The molecule has 0 rings (SSSR count). The SMILES string of the molecule is C=NC(=O)C(C)(F)F. The molecule has 46 valence electrons. The molecule has 0 aliphatic heterocycles. The monoisotopic (exact) mass is 121 g/mol. The van der Waals surface area contributed by atoms with Crippen molar-refractivity contribution >= 4 is 12.6 Å². The second kappa shape index (κ2) is 1.98. The van der Waals surface area contributed by atoms with Gasteiger partial charge >= 0.3 is 11.8 Å². The maximum absolute atomic E-state index is 11.6. The minimum Gasteiger partial charge on any atom is -0.266 e. The summed E-state index contributed by atoms with van der Waals surface area (Å²) in [4.78, 5) is 12.4. The van der Waals surface area contributed by atoms with Crippen LogP contribution in [-0.2, 0) is 4.79 Å². The quantitative estimate of drug-likeness (QED) is 0.473. The van der Waals surface area contributed by atoms with Crippen LogP contribution in [0.15, 0.2) is 4.99 Å². The van der Waals surface area contributed by atoms with Gasteiger partial charge in [-0.2, -0.15) is 8.78 Å². The molecule has 2 nitrogen and oxygen atoms in total. The summed E-state index contributed by atoms with van der Waals surface area (Å²) in [6, 6.07) is 0. The van der Waals surface area contributed by atoms with Crippen LogP contribution in [0.3, 0.4) is 0 Å². The second-order valence-corrected chi connectivity index (χ2v) is 1.35. The predicted molar refractivity (Wildman–Crippen MR) is 25.2 cm³/mol. The number of hydrogen-bond donors (Lipinski definition) is 0. The van der Waals surface area contributed by atoms with Crippen molar-refractivity contribution in [2.45, 2.75) is 12.8 Å². The van der Waals surface area contributed by atoms with E-state index in [2.05, 4.69) is 11.7 Å². The molecule has 0 N–H and O–H groups in total. The van der Waals surface area contributed by atoms with Gasteiger partial charge in [-0.25, -0.2) is 4.99 Å². The largest absolute Gasteiger partial charge is 0.324 e. The molecule has 0 radical (unpaired) electrons. The van der Waals surface area contributed by atoms with E-state index in [0.29, 0.717) is 6.92 Å². The van der Waals surface area contributed by atoms with Gasteiger partial charge in [0.2, 0.25) is 0 Å². The summed E-state index contributed by atoms with van der Waals surface area (Å²) in [6.07, 6.45) is 0. The highest BCUT2D eigenvalue weighted by Crippen LogP contribution is 2.12. The van der Waals surface area contributed by atoms with Gasteiger partial charge in [-0.3, -0.25) is 4.79 Å². The number of hydrogen-bond acceptors (Lipinski definition) is 1. The highest BCUT2D eigenvalue weighted by Gasteiger charge is 2.30. The van der Waals surface area contributed by atoms with Crippen molar-refractivity contribution in [2.75, 3.05) is 0 Å². The lowest BCUT2D eigenvalue weighted by atomic mass is 10.4. The first-order valence-electron chi connectivity index (χ1n) is 1.87. The Hall–Kier alpha value is -0.800. The molecule has 0 heterocycles. The molecule has 0 unspecified atom stereocenters. The number of nitrogens with zero attached hydrogens (tertiary/aromatic N) is 1. The number of carbonyl (C=O) groups excluding carboxylic acids is 1. The molecule has 4 heteroatoms. The number of rotatable bonds is 1. The molecular weight excluding hydrogens is 116 g/mol. The summed E-state index contributed by atoms with van der Waals surface area (Å²) in [5, 5.41) is 0. The van der Waals surface area contributed by atoms with E-state index >= 15 is 0 Å². The van der Waals surface area contributed by atoms with Crippen LogP contribution in [0.2, 0.25) is 0 Å². The van der Waals surface area contributed by atoms with Crippen molar-refractivity contribution in [1.82, 2.24) is 0 Å². The van der Waals surface area contributed by atoms with Crippen molar-refractivity contribution in [1.29, 1.82) is 0 Å². The average molecular weight is 121 g/mol. The zero-order valence-corrected chi connectivity index (χ0v) is 4.32. The summed E-state index contributed by atoms with van der Waals surface area (Å²) in [5.74, 6) is -4.85. The first-order valence-corrected chi connectivity index (χ1v) is 1.87. The van der Waals surface area contributed by atoms with Crippen LogP contribution in [0.4, 0.5) is 8.78 Å². The third kappa shape index (κ3) is 1.77. The topological polar surface area (TPSA) is 29.4 Å². The average Bonchev–Trinajstić information content (AvgIpc) is 1.62. The molecule has 0 saturated carbocycles. The van der Waals surface area contributed by atoms with Gasteiger partial charge in [0.25, 0.3) is 0 Å². The molecule has 0 aromatic carbocycles. The Morgan fingerprint density at radius 3 is 2.12 bits per heavy atom. The van der Waals surface area contributed by atoms with Gasteiger partial charge in [0, 0.05) is 6.92 Å². The van der Waals surface area contributed by atoms with Crippen LogP contribution in [0, 0.1) is 0 Å². The Morgan fingerprint density at radius 1 is 1.75 bits per heavy atom. The third-order valence-electron chi connectivity index (χ3n) is 0.519. The molecule has 0 atom stereocenters. The van der Waals surface area contributed by atoms with E-state index < -0.39 is 11.8 Å². The van der Waals surface area contributed by atoms with Gasteiger partial charge in [0.15, 0.2) is 0 Å². The summed E-state index contributed by atoms with van der Waals surface area (Å²) < 4.78 is 23.3. The van der Waals surface area contributed by atoms with E-state index in [0.717, 1.165) is 0 Å². The number of aliphatic imine (C=N–C) groups is 1. The van der Waals surface area contributed by atoms with Crippen LogP contribution in [0.5, 0.6) is 0 Å². The normalized spacial score (nSPS) is 10.9. The standard InChI is InChI=1S/C4H5F2NO/c1-4(5,6)3(8)7-2/h2H2,1H3. The number of halogens is 2. The van der Waals surface area contributed by atoms with Gasteiger partial charge in [-0.15, -0.1) is 0 Å². The van der Waals surface area contributed by atoms with E-state index in [1.165, 1.54) is 0 Å². The molecule has 0 aliphatic carbocycles. The van der Waals surface area contributed by atoms with E-state index in [1.54, 1.807) is 0 Å². The van der Waals surface area contributed by atoms with Crippen molar-refractivity contribution in [3.63, 3.8) is 0 Å². The van der Waals surface area contributed by atoms with Crippen molar-refractivity contribution < 1.29 is 13.6 Å². The van der Waals surface area contributed by atoms with Crippen LogP contribution in [0.25, 0.3) is 0 Å². The second-order valence-electron chi connectivity index (χ2n) is 1.35. The summed E-state index contributed by atoms with van der Waals surface area (Å²) in [7, 11) is 0. The molecule has 0 spiro atoms. The lowest BCUT2D eigenvalue weighted by Crippen LogP contribution is -2.21. The lowest BCUT2D eigenvalue weighted by Gasteiger charge is -2.00. The summed E-state index contributed by atoms with van der Waals surface area (Å²) in [5.41, 5.74) is 0.